The number of benzene rings is 2. The normalized spacial score (nSPS) is 15.3. The molecule has 31 heavy (non-hydrogen) atoms. The fourth-order valence-electron chi connectivity index (χ4n) is 4.13. The first-order valence-electron chi connectivity index (χ1n) is 10.7. The van der Waals surface area contributed by atoms with E-state index in [4.69, 9.17) is 9.47 Å². The third-order valence-electron chi connectivity index (χ3n) is 5.37. The predicted molar refractivity (Wildman–Crippen MR) is 118 cm³/mol. The van der Waals surface area contributed by atoms with Crippen molar-refractivity contribution < 1.29 is 19.4 Å². The molecule has 0 aliphatic carbocycles. The number of carbonyl (C=O) groups excluding carboxylic acids is 1. The number of H-pyrrole nitrogens is 1. The summed E-state index contributed by atoms with van der Waals surface area (Å²) < 4.78 is 11.5. The van der Waals surface area contributed by atoms with Gasteiger partial charge in [-0.15, -0.1) is 0 Å². The van der Waals surface area contributed by atoms with Gasteiger partial charge in [0.2, 0.25) is 0 Å². The first kappa shape index (κ1) is 20.8. The molecule has 1 aliphatic heterocycles. The molecule has 0 bridgehead atoms. The first-order valence-corrected chi connectivity index (χ1v) is 10.7. The largest absolute Gasteiger partial charge is 0.507 e. The number of nitrogens with zero attached hydrogens (tertiary/aromatic N) is 2. The molecule has 7 nitrogen and oxygen atoms in total. The third-order valence-corrected chi connectivity index (χ3v) is 5.37. The van der Waals surface area contributed by atoms with Gasteiger partial charge >= 0.3 is 0 Å². The number of phenols is 1. The number of aromatic hydroxyl groups is 1. The number of hydrogen-bond acceptors (Lipinski definition) is 5. The average molecular weight is 421 g/mol. The Morgan fingerprint density at radius 1 is 1.06 bits per heavy atom. The van der Waals surface area contributed by atoms with Crippen LogP contribution in [0.15, 0.2) is 42.5 Å². The zero-order chi connectivity index (χ0) is 22.0. The third kappa shape index (κ3) is 3.60. The van der Waals surface area contributed by atoms with Gasteiger partial charge < -0.3 is 19.5 Å². The van der Waals surface area contributed by atoms with Crippen LogP contribution in [0, 0.1) is 0 Å². The molecule has 4 rings (SSSR count). The molecule has 1 amide bonds. The van der Waals surface area contributed by atoms with Crippen LogP contribution in [0.25, 0.3) is 11.3 Å². The van der Waals surface area contributed by atoms with Crippen molar-refractivity contribution >= 4 is 5.91 Å². The summed E-state index contributed by atoms with van der Waals surface area (Å²) in [5.41, 5.74) is 3.31. The number of amides is 1. The zero-order valence-corrected chi connectivity index (χ0v) is 18.0. The second-order valence-corrected chi connectivity index (χ2v) is 7.35. The van der Waals surface area contributed by atoms with Crippen LogP contribution in [0.3, 0.4) is 0 Å². The van der Waals surface area contributed by atoms with Crippen LogP contribution in [-0.2, 0) is 0 Å². The van der Waals surface area contributed by atoms with Gasteiger partial charge in [-0.25, -0.2) is 0 Å². The molecule has 1 aromatic heterocycles. The maximum absolute atomic E-state index is 13.2. The molecule has 1 atom stereocenters. The fraction of sp³-hybridized carbons (Fsp3) is 0.333. The van der Waals surface area contributed by atoms with Crippen molar-refractivity contribution in [3.8, 4) is 28.5 Å². The van der Waals surface area contributed by atoms with Crippen molar-refractivity contribution in [2.75, 3.05) is 19.8 Å². The van der Waals surface area contributed by atoms with Crippen LogP contribution in [-0.4, -0.2) is 45.9 Å². The highest BCUT2D eigenvalue weighted by atomic mass is 16.5. The molecule has 2 heterocycles. The van der Waals surface area contributed by atoms with Crippen LogP contribution in [0.2, 0.25) is 0 Å². The number of fused-ring (bicyclic) bond motifs is 1. The summed E-state index contributed by atoms with van der Waals surface area (Å²) in [5.74, 6) is 1.35. The number of ether oxygens (including phenoxy) is 2. The quantitative estimate of drug-likeness (QED) is 0.558. The minimum Gasteiger partial charge on any atom is -0.507 e. The Morgan fingerprint density at radius 3 is 2.52 bits per heavy atom. The molecule has 0 saturated carbocycles. The predicted octanol–water partition coefficient (Wildman–Crippen LogP) is 4.53. The minimum atomic E-state index is -0.342. The lowest BCUT2D eigenvalue weighted by atomic mass is 9.95. The molecular formula is C24H27N3O4. The number of aromatic amines is 1. The van der Waals surface area contributed by atoms with Gasteiger partial charge in [0.25, 0.3) is 5.91 Å². The van der Waals surface area contributed by atoms with Crippen LogP contribution >= 0.6 is 0 Å². The van der Waals surface area contributed by atoms with Crippen molar-refractivity contribution in [1.29, 1.82) is 0 Å². The molecule has 7 heteroatoms. The average Bonchev–Trinajstić information content (AvgIpc) is 3.30. The Labute approximate surface area is 181 Å². The van der Waals surface area contributed by atoms with Crippen LogP contribution in [0.5, 0.6) is 17.2 Å². The molecule has 0 radical (unpaired) electrons. The number of hydrogen-bond donors (Lipinski definition) is 2. The van der Waals surface area contributed by atoms with Crippen molar-refractivity contribution in [2.24, 2.45) is 0 Å². The van der Waals surface area contributed by atoms with Gasteiger partial charge in [0.1, 0.15) is 17.1 Å². The first-order chi connectivity index (χ1) is 15.1. The van der Waals surface area contributed by atoms with E-state index in [-0.39, 0.29) is 17.7 Å². The highest BCUT2D eigenvalue weighted by Crippen LogP contribution is 2.45. The summed E-state index contributed by atoms with van der Waals surface area (Å²) in [4.78, 5) is 15.1. The standard InChI is InChI=1S/C24H27N3O4/c1-4-13-27-23(15-11-12-18(30-5-2)19(14-15)31-6-3)20-21(25-26-22(20)24(27)29)16-9-7-8-10-17(16)28/h7-12,14,23,28H,4-6,13H2,1-3H3,(H,25,26)/t23-/m0/s1. The Balaban J connectivity index is 1.88. The number of nitrogens with one attached hydrogen (secondary N) is 1. The van der Waals surface area contributed by atoms with Crippen LogP contribution in [0.1, 0.15) is 54.8 Å². The number of rotatable bonds is 8. The molecule has 0 spiro atoms. The molecule has 2 N–H and O–H groups in total. The molecule has 0 fully saturated rings. The van der Waals surface area contributed by atoms with Gasteiger partial charge in [0, 0.05) is 17.7 Å². The Kier molecular flexibility index (Phi) is 5.84. The van der Waals surface area contributed by atoms with E-state index < -0.39 is 0 Å². The maximum atomic E-state index is 13.2. The van der Waals surface area contributed by atoms with E-state index in [1.54, 1.807) is 18.2 Å². The molecule has 0 unspecified atom stereocenters. The van der Waals surface area contributed by atoms with Gasteiger partial charge in [-0.1, -0.05) is 25.1 Å². The molecule has 1 aliphatic rings. The highest BCUT2D eigenvalue weighted by molar-refractivity contribution is 6.00. The number of para-hydroxylation sites is 1. The van der Waals surface area contributed by atoms with E-state index in [0.29, 0.717) is 48.2 Å². The SMILES string of the molecule is CCCN1C(=O)c2[nH]nc(-c3ccccc3O)c2[C@@H]1c1ccc(OCC)c(OCC)c1. The summed E-state index contributed by atoms with van der Waals surface area (Å²) in [5, 5.41) is 17.7. The molecule has 2 aromatic carbocycles. The van der Waals surface area contributed by atoms with Gasteiger partial charge in [-0.2, -0.15) is 5.10 Å². The molecule has 3 aromatic rings. The van der Waals surface area contributed by atoms with Crippen molar-refractivity contribution in [3.05, 3.63) is 59.3 Å². The highest BCUT2D eigenvalue weighted by Gasteiger charge is 2.42. The van der Waals surface area contributed by atoms with Crippen LogP contribution in [0.4, 0.5) is 0 Å². The van der Waals surface area contributed by atoms with E-state index in [1.807, 2.05) is 49.9 Å². The summed E-state index contributed by atoms with van der Waals surface area (Å²) in [7, 11) is 0. The summed E-state index contributed by atoms with van der Waals surface area (Å²) in [6.07, 6.45) is 0.821. The molecule has 162 valence electrons. The summed E-state index contributed by atoms with van der Waals surface area (Å²) >= 11 is 0. The number of aromatic nitrogens is 2. The maximum Gasteiger partial charge on any atom is 0.273 e. The van der Waals surface area contributed by atoms with E-state index in [9.17, 15) is 9.90 Å². The summed E-state index contributed by atoms with van der Waals surface area (Å²) in [6, 6.07) is 12.5. The minimum absolute atomic E-state index is 0.0946. The van der Waals surface area contributed by atoms with Crippen molar-refractivity contribution in [3.63, 3.8) is 0 Å². The summed E-state index contributed by atoms with van der Waals surface area (Å²) in [6.45, 7) is 7.54. The van der Waals surface area contributed by atoms with E-state index >= 15 is 0 Å². The van der Waals surface area contributed by atoms with E-state index in [2.05, 4.69) is 10.2 Å². The van der Waals surface area contributed by atoms with E-state index in [1.165, 1.54) is 0 Å². The number of carbonyl (C=O) groups is 1. The number of phenolic OH excluding ortho intramolecular Hbond substituents is 1. The van der Waals surface area contributed by atoms with Gasteiger partial charge in [-0.3, -0.25) is 9.89 Å². The Bertz CT molecular complexity index is 1090. The topological polar surface area (TPSA) is 87.7 Å². The zero-order valence-electron chi connectivity index (χ0n) is 18.0. The second kappa shape index (κ2) is 8.71. The lowest BCUT2D eigenvalue weighted by Crippen LogP contribution is -2.30. The molecular weight excluding hydrogens is 394 g/mol. The van der Waals surface area contributed by atoms with Gasteiger partial charge in [-0.05, 0) is 50.1 Å². The Morgan fingerprint density at radius 2 is 1.81 bits per heavy atom. The fourth-order valence-corrected chi connectivity index (χ4v) is 4.13. The van der Waals surface area contributed by atoms with Gasteiger partial charge in [0.05, 0.1) is 19.3 Å². The van der Waals surface area contributed by atoms with E-state index in [0.717, 1.165) is 17.5 Å². The second-order valence-electron chi connectivity index (χ2n) is 7.35. The Hall–Kier alpha value is -3.48. The smallest absolute Gasteiger partial charge is 0.273 e. The molecule has 0 saturated heterocycles. The van der Waals surface area contributed by atoms with Gasteiger partial charge in [0.15, 0.2) is 11.5 Å². The van der Waals surface area contributed by atoms with Crippen molar-refractivity contribution in [2.45, 2.75) is 33.2 Å². The lowest BCUT2D eigenvalue weighted by molar-refractivity contribution is 0.0743. The lowest BCUT2D eigenvalue weighted by Gasteiger charge is -2.26. The monoisotopic (exact) mass is 421 g/mol. The van der Waals surface area contributed by atoms with Crippen molar-refractivity contribution in [1.82, 2.24) is 15.1 Å². The van der Waals surface area contributed by atoms with Crippen LogP contribution < -0.4 is 9.47 Å².